The molecule has 0 aliphatic carbocycles. The zero-order valence-corrected chi connectivity index (χ0v) is 15.4. The van der Waals surface area contributed by atoms with E-state index in [4.69, 9.17) is 9.15 Å². The van der Waals surface area contributed by atoms with Gasteiger partial charge in [0, 0.05) is 13.0 Å². The number of carbonyl (C=O) groups is 1. The fraction of sp³-hybridized carbons (Fsp3) is 0.273. The SMILES string of the molecule is O=C(COc1ccccc1)N1CCC[C@@H]1c1ncc(Cc2ccc(F)cc2)o1. The van der Waals surface area contributed by atoms with Crippen LogP contribution in [0.4, 0.5) is 4.39 Å². The molecule has 0 spiro atoms. The van der Waals surface area contributed by atoms with E-state index in [1.54, 1.807) is 23.2 Å². The number of amides is 1. The number of rotatable bonds is 6. The lowest BCUT2D eigenvalue weighted by atomic mass is 10.1. The minimum Gasteiger partial charge on any atom is -0.484 e. The molecule has 1 fully saturated rings. The fourth-order valence-electron chi connectivity index (χ4n) is 3.43. The number of hydrogen-bond donors (Lipinski definition) is 0. The number of benzene rings is 2. The molecule has 5 nitrogen and oxygen atoms in total. The van der Waals surface area contributed by atoms with Crippen LogP contribution in [0.3, 0.4) is 0 Å². The summed E-state index contributed by atoms with van der Waals surface area (Å²) in [5.41, 5.74) is 0.944. The van der Waals surface area contributed by atoms with Crippen molar-refractivity contribution >= 4 is 5.91 Å². The zero-order chi connectivity index (χ0) is 19.3. The van der Waals surface area contributed by atoms with Gasteiger partial charge in [-0.15, -0.1) is 0 Å². The number of likely N-dealkylation sites (tertiary alicyclic amines) is 1. The number of para-hydroxylation sites is 1. The summed E-state index contributed by atoms with van der Waals surface area (Å²) in [4.78, 5) is 18.8. The lowest BCUT2D eigenvalue weighted by molar-refractivity contribution is -0.134. The Morgan fingerprint density at radius 3 is 2.75 bits per heavy atom. The van der Waals surface area contributed by atoms with Gasteiger partial charge in [0.15, 0.2) is 6.61 Å². The molecule has 0 N–H and O–H groups in total. The number of halogens is 1. The maximum absolute atomic E-state index is 13.0. The molecular formula is C22H21FN2O3. The number of aromatic nitrogens is 1. The van der Waals surface area contributed by atoms with Crippen LogP contribution in [0.25, 0.3) is 0 Å². The second-order valence-corrected chi connectivity index (χ2v) is 6.81. The van der Waals surface area contributed by atoms with E-state index in [2.05, 4.69) is 4.98 Å². The molecular weight excluding hydrogens is 359 g/mol. The molecule has 0 bridgehead atoms. The number of oxazole rings is 1. The van der Waals surface area contributed by atoms with Gasteiger partial charge in [-0.05, 0) is 42.7 Å². The van der Waals surface area contributed by atoms with Gasteiger partial charge in [-0.25, -0.2) is 9.37 Å². The van der Waals surface area contributed by atoms with Gasteiger partial charge in [0.05, 0.1) is 6.20 Å². The van der Waals surface area contributed by atoms with Gasteiger partial charge in [-0.3, -0.25) is 4.79 Å². The number of hydrogen-bond acceptors (Lipinski definition) is 4. The maximum atomic E-state index is 13.0. The molecule has 1 amide bonds. The zero-order valence-electron chi connectivity index (χ0n) is 15.4. The van der Waals surface area contributed by atoms with Crippen molar-refractivity contribution in [1.82, 2.24) is 9.88 Å². The molecule has 6 heteroatoms. The van der Waals surface area contributed by atoms with Crippen molar-refractivity contribution in [3.63, 3.8) is 0 Å². The van der Waals surface area contributed by atoms with Crippen molar-refractivity contribution in [1.29, 1.82) is 0 Å². The van der Waals surface area contributed by atoms with E-state index >= 15 is 0 Å². The molecule has 0 saturated carbocycles. The highest BCUT2D eigenvalue weighted by atomic mass is 19.1. The first-order chi connectivity index (χ1) is 13.7. The Labute approximate surface area is 162 Å². The summed E-state index contributed by atoms with van der Waals surface area (Å²) in [7, 11) is 0. The predicted octanol–water partition coefficient (Wildman–Crippen LogP) is 4.15. The highest BCUT2D eigenvalue weighted by Gasteiger charge is 2.33. The predicted molar refractivity (Wildman–Crippen MR) is 101 cm³/mol. The van der Waals surface area contributed by atoms with Crippen LogP contribution < -0.4 is 4.74 Å². The van der Waals surface area contributed by atoms with Gasteiger partial charge >= 0.3 is 0 Å². The van der Waals surface area contributed by atoms with Gasteiger partial charge in [0.2, 0.25) is 5.89 Å². The third-order valence-corrected chi connectivity index (χ3v) is 4.83. The van der Waals surface area contributed by atoms with Crippen molar-refractivity contribution in [3.8, 4) is 5.75 Å². The summed E-state index contributed by atoms with van der Waals surface area (Å²) in [6.45, 7) is 0.654. The maximum Gasteiger partial charge on any atom is 0.261 e. The third kappa shape index (κ3) is 4.22. The summed E-state index contributed by atoms with van der Waals surface area (Å²) in [5.74, 6) is 1.57. The van der Waals surface area contributed by atoms with Gasteiger partial charge in [0.25, 0.3) is 5.91 Å². The minimum absolute atomic E-state index is 0.0103. The van der Waals surface area contributed by atoms with Gasteiger partial charge in [0.1, 0.15) is 23.4 Å². The average molecular weight is 380 g/mol. The highest BCUT2D eigenvalue weighted by Crippen LogP contribution is 2.32. The molecule has 0 radical (unpaired) electrons. The Morgan fingerprint density at radius 1 is 1.18 bits per heavy atom. The molecule has 1 saturated heterocycles. The average Bonchev–Trinajstić information content (AvgIpc) is 3.38. The Hall–Kier alpha value is -3.15. The Kier molecular flexibility index (Phi) is 5.37. The first kappa shape index (κ1) is 18.2. The molecule has 2 heterocycles. The third-order valence-electron chi connectivity index (χ3n) is 4.83. The highest BCUT2D eigenvalue weighted by molar-refractivity contribution is 5.78. The van der Waals surface area contributed by atoms with Crippen LogP contribution in [0, 0.1) is 5.82 Å². The second kappa shape index (κ2) is 8.25. The second-order valence-electron chi connectivity index (χ2n) is 6.81. The molecule has 144 valence electrons. The van der Waals surface area contributed by atoms with Crippen molar-refractivity contribution in [2.24, 2.45) is 0 Å². The van der Waals surface area contributed by atoms with Crippen LogP contribution in [0.15, 0.2) is 65.2 Å². The summed E-state index contributed by atoms with van der Waals surface area (Å²) in [6.07, 6.45) is 3.93. The van der Waals surface area contributed by atoms with E-state index in [-0.39, 0.29) is 24.4 Å². The molecule has 28 heavy (non-hydrogen) atoms. The van der Waals surface area contributed by atoms with Crippen molar-refractivity contribution in [2.75, 3.05) is 13.2 Å². The summed E-state index contributed by atoms with van der Waals surface area (Å²) < 4.78 is 24.5. The van der Waals surface area contributed by atoms with Crippen molar-refractivity contribution in [2.45, 2.75) is 25.3 Å². The Morgan fingerprint density at radius 2 is 1.96 bits per heavy atom. The van der Waals surface area contributed by atoms with Crippen molar-refractivity contribution in [3.05, 3.63) is 83.8 Å². The summed E-state index contributed by atoms with van der Waals surface area (Å²) >= 11 is 0. The quantitative estimate of drug-likeness (QED) is 0.645. The standard InChI is InChI=1S/C22H21FN2O3/c23-17-10-8-16(9-11-17)13-19-14-24-22(28-19)20-7-4-12-25(20)21(26)15-27-18-5-2-1-3-6-18/h1-3,5-6,8-11,14,20H,4,7,12-13,15H2/t20-/m1/s1. The summed E-state index contributed by atoms with van der Waals surface area (Å²) in [5, 5.41) is 0. The van der Waals surface area contributed by atoms with Crippen LogP contribution in [-0.4, -0.2) is 28.9 Å². The van der Waals surface area contributed by atoms with E-state index in [1.807, 2.05) is 30.3 Å². The number of carbonyl (C=O) groups excluding carboxylic acids is 1. The molecule has 1 aliphatic heterocycles. The van der Waals surface area contributed by atoms with E-state index in [1.165, 1.54) is 12.1 Å². The lowest BCUT2D eigenvalue weighted by Gasteiger charge is -2.22. The molecule has 1 atom stereocenters. The van der Waals surface area contributed by atoms with E-state index < -0.39 is 0 Å². The summed E-state index contributed by atoms with van der Waals surface area (Å²) in [6, 6.07) is 15.4. The minimum atomic E-state index is -0.264. The molecule has 1 aromatic heterocycles. The molecule has 1 aliphatic rings. The first-order valence-electron chi connectivity index (χ1n) is 9.35. The topological polar surface area (TPSA) is 55.6 Å². The number of nitrogens with zero attached hydrogens (tertiary/aromatic N) is 2. The van der Waals surface area contributed by atoms with E-state index in [9.17, 15) is 9.18 Å². The Balaban J connectivity index is 1.39. The van der Waals surface area contributed by atoms with Gasteiger partial charge < -0.3 is 14.1 Å². The van der Waals surface area contributed by atoms with Crippen molar-refractivity contribution < 1.29 is 18.3 Å². The normalized spacial score (nSPS) is 16.3. The van der Waals surface area contributed by atoms with Crippen LogP contribution >= 0.6 is 0 Å². The fourth-order valence-corrected chi connectivity index (χ4v) is 3.43. The monoisotopic (exact) mass is 380 g/mol. The van der Waals surface area contributed by atoms with Crippen LogP contribution in [0.2, 0.25) is 0 Å². The van der Waals surface area contributed by atoms with Crippen LogP contribution in [0.1, 0.15) is 36.1 Å². The largest absolute Gasteiger partial charge is 0.484 e. The smallest absolute Gasteiger partial charge is 0.261 e. The van der Waals surface area contributed by atoms with Gasteiger partial charge in [-0.1, -0.05) is 30.3 Å². The van der Waals surface area contributed by atoms with E-state index in [0.29, 0.717) is 30.4 Å². The molecule has 2 aromatic carbocycles. The lowest BCUT2D eigenvalue weighted by Crippen LogP contribution is -2.34. The molecule has 0 unspecified atom stereocenters. The molecule has 4 rings (SSSR count). The van der Waals surface area contributed by atoms with Crippen LogP contribution in [-0.2, 0) is 11.2 Å². The first-order valence-corrected chi connectivity index (χ1v) is 9.35. The number of ether oxygens (including phenoxy) is 1. The van der Waals surface area contributed by atoms with Gasteiger partial charge in [-0.2, -0.15) is 0 Å². The van der Waals surface area contributed by atoms with E-state index in [0.717, 1.165) is 18.4 Å². The van der Waals surface area contributed by atoms with Crippen LogP contribution in [0.5, 0.6) is 5.75 Å². The molecule has 3 aromatic rings. The Bertz CT molecular complexity index is 924.